The first-order valence-electron chi connectivity index (χ1n) is 13.9. The SMILES string of the molecule is C=CC(=C)C(C(/C=C\C)=C(/C)CC)(c1cccc2c(C(/C=C\CC)=C/N)ccc(C)c12)C(C)/C=C\C=C/C. The first-order valence-corrected chi connectivity index (χ1v) is 13.9. The molecule has 1 heteroatoms. The van der Waals surface area contributed by atoms with E-state index in [1.165, 1.54) is 33.0 Å². The number of fused-ring (bicyclic) bond motifs is 1. The smallest absolute Gasteiger partial charge is 0.0510 e. The molecule has 0 bridgehead atoms. The highest BCUT2D eigenvalue weighted by atomic mass is 14.5. The lowest BCUT2D eigenvalue weighted by Gasteiger charge is -2.43. The van der Waals surface area contributed by atoms with E-state index in [2.05, 4.69) is 134 Å². The average molecular weight is 506 g/mol. The minimum Gasteiger partial charge on any atom is -0.404 e. The Morgan fingerprint density at radius 3 is 2.37 bits per heavy atom. The monoisotopic (exact) mass is 505 g/mol. The summed E-state index contributed by atoms with van der Waals surface area (Å²) >= 11 is 0. The molecule has 0 saturated carbocycles. The summed E-state index contributed by atoms with van der Waals surface area (Å²) in [6.07, 6.45) is 22.9. The third kappa shape index (κ3) is 5.94. The minimum absolute atomic E-state index is 0.107. The van der Waals surface area contributed by atoms with Crippen LogP contribution in [-0.4, -0.2) is 0 Å². The van der Waals surface area contributed by atoms with E-state index in [1.807, 2.05) is 13.0 Å². The van der Waals surface area contributed by atoms with E-state index in [1.54, 1.807) is 6.20 Å². The highest BCUT2D eigenvalue weighted by Crippen LogP contribution is 2.51. The van der Waals surface area contributed by atoms with E-state index in [4.69, 9.17) is 5.73 Å². The molecule has 1 nitrogen and oxygen atoms in total. The summed E-state index contributed by atoms with van der Waals surface area (Å²) in [7, 11) is 0. The zero-order valence-electron chi connectivity index (χ0n) is 24.6. The fourth-order valence-electron chi connectivity index (χ4n) is 5.53. The molecule has 0 aliphatic carbocycles. The van der Waals surface area contributed by atoms with E-state index in [0.717, 1.165) is 29.6 Å². The molecule has 38 heavy (non-hydrogen) atoms. The van der Waals surface area contributed by atoms with Gasteiger partial charge in [-0.05, 0) is 90.6 Å². The highest BCUT2D eigenvalue weighted by Gasteiger charge is 2.43. The number of aryl methyl sites for hydroxylation is 1. The Morgan fingerprint density at radius 1 is 1.05 bits per heavy atom. The molecule has 0 spiro atoms. The first-order chi connectivity index (χ1) is 18.3. The van der Waals surface area contributed by atoms with Crippen LogP contribution in [0.4, 0.5) is 0 Å². The van der Waals surface area contributed by atoms with Crippen molar-refractivity contribution >= 4 is 16.3 Å². The van der Waals surface area contributed by atoms with Crippen molar-refractivity contribution < 1.29 is 0 Å². The quantitative estimate of drug-likeness (QED) is 0.285. The van der Waals surface area contributed by atoms with Crippen LogP contribution in [0.5, 0.6) is 0 Å². The van der Waals surface area contributed by atoms with Crippen molar-refractivity contribution in [3.63, 3.8) is 0 Å². The van der Waals surface area contributed by atoms with E-state index in [0.29, 0.717) is 0 Å². The van der Waals surface area contributed by atoms with Gasteiger partial charge in [0, 0.05) is 6.20 Å². The third-order valence-electron chi connectivity index (χ3n) is 7.59. The van der Waals surface area contributed by atoms with Gasteiger partial charge in [0.05, 0.1) is 5.41 Å². The van der Waals surface area contributed by atoms with Crippen molar-refractivity contribution in [2.45, 2.75) is 66.7 Å². The fraction of sp³-hybridized carbons (Fsp3) is 0.297. The van der Waals surface area contributed by atoms with Gasteiger partial charge in [-0.25, -0.2) is 0 Å². The molecular weight excluding hydrogens is 458 g/mol. The Kier molecular flexibility index (Phi) is 11.6. The number of hydrogen-bond acceptors (Lipinski definition) is 1. The van der Waals surface area contributed by atoms with Crippen LogP contribution in [0.15, 0.2) is 121 Å². The topological polar surface area (TPSA) is 26.0 Å². The van der Waals surface area contributed by atoms with Gasteiger partial charge in [0.15, 0.2) is 0 Å². The van der Waals surface area contributed by atoms with Gasteiger partial charge < -0.3 is 5.73 Å². The van der Waals surface area contributed by atoms with Gasteiger partial charge in [-0.2, -0.15) is 0 Å². The molecule has 2 rings (SSSR count). The van der Waals surface area contributed by atoms with Gasteiger partial charge in [-0.15, -0.1) is 0 Å². The van der Waals surface area contributed by atoms with E-state index < -0.39 is 5.41 Å². The van der Waals surface area contributed by atoms with Crippen molar-refractivity contribution in [3.05, 3.63) is 138 Å². The number of benzene rings is 2. The lowest BCUT2D eigenvalue weighted by molar-refractivity contribution is 0.479. The minimum atomic E-state index is -0.513. The van der Waals surface area contributed by atoms with Crippen molar-refractivity contribution in [2.75, 3.05) is 0 Å². The lowest BCUT2D eigenvalue weighted by Crippen LogP contribution is -2.37. The molecule has 2 aromatic carbocycles. The van der Waals surface area contributed by atoms with Gasteiger partial charge >= 0.3 is 0 Å². The van der Waals surface area contributed by atoms with Crippen LogP contribution in [0.1, 0.15) is 71.1 Å². The predicted octanol–water partition coefficient (Wildman–Crippen LogP) is 10.5. The van der Waals surface area contributed by atoms with Crippen LogP contribution < -0.4 is 5.73 Å². The summed E-state index contributed by atoms with van der Waals surface area (Å²) in [6.45, 7) is 24.2. The molecule has 0 saturated heterocycles. The van der Waals surface area contributed by atoms with Gasteiger partial charge in [0.1, 0.15) is 0 Å². The van der Waals surface area contributed by atoms with Crippen LogP contribution in [-0.2, 0) is 5.41 Å². The summed E-state index contributed by atoms with van der Waals surface area (Å²) in [4.78, 5) is 0. The van der Waals surface area contributed by atoms with E-state index in [-0.39, 0.29) is 5.92 Å². The zero-order valence-corrected chi connectivity index (χ0v) is 24.6. The predicted molar refractivity (Wildman–Crippen MR) is 172 cm³/mol. The van der Waals surface area contributed by atoms with Crippen molar-refractivity contribution in [3.8, 4) is 0 Å². The molecule has 2 unspecified atom stereocenters. The lowest BCUT2D eigenvalue weighted by atomic mass is 9.59. The second-order valence-electron chi connectivity index (χ2n) is 9.88. The van der Waals surface area contributed by atoms with Crippen molar-refractivity contribution in [1.82, 2.24) is 0 Å². The second kappa shape index (κ2) is 14.4. The van der Waals surface area contributed by atoms with Crippen LogP contribution in [0.25, 0.3) is 16.3 Å². The van der Waals surface area contributed by atoms with Gasteiger partial charge in [0.25, 0.3) is 0 Å². The molecule has 0 amide bonds. The van der Waals surface area contributed by atoms with Crippen LogP contribution in [0, 0.1) is 12.8 Å². The highest BCUT2D eigenvalue weighted by molar-refractivity contribution is 6.00. The van der Waals surface area contributed by atoms with Gasteiger partial charge in [-0.1, -0.05) is 125 Å². The summed E-state index contributed by atoms with van der Waals surface area (Å²) in [5.41, 5.74) is 13.9. The Morgan fingerprint density at radius 2 is 1.79 bits per heavy atom. The standard InChI is InChI=1S/C37H47N/c1-10-15-17-20-30(9)37(29(8)14-5,34(19-12-3)27(6)13-4)35-23-18-22-33-32(25-24-28(7)36(33)35)31(26-38)21-16-11-2/h10,12,14-26,30H,5,8,11,13,38H2,1-4,6-7,9H3/b15-10-,19-12-,20-17-,21-16-,31-26+,34-27-. The summed E-state index contributed by atoms with van der Waals surface area (Å²) in [5, 5.41) is 2.44. The molecule has 0 aromatic heterocycles. The molecule has 0 fully saturated rings. The van der Waals surface area contributed by atoms with Crippen LogP contribution in [0.2, 0.25) is 0 Å². The number of hydrogen-bond donors (Lipinski definition) is 1. The van der Waals surface area contributed by atoms with Crippen molar-refractivity contribution in [1.29, 1.82) is 0 Å². The Balaban J connectivity index is 3.25. The third-order valence-corrected chi connectivity index (χ3v) is 7.59. The summed E-state index contributed by atoms with van der Waals surface area (Å²) in [6, 6.07) is 11.1. The van der Waals surface area contributed by atoms with E-state index >= 15 is 0 Å². The molecule has 0 heterocycles. The second-order valence-corrected chi connectivity index (χ2v) is 9.88. The number of rotatable bonds is 12. The number of nitrogens with two attached hydrogens (primary N) is 1. The molecule has 0 aliphatic heterocycles. The van der Waals surface area contributed by atoms with Gasteiger partial charge in [0.2, 0.25) is 0 Å². The Labute approximate surface area is 232 Å². The summed E-state index contributed by atoms with van der Waals surface area (Å²) in [5.74, 6) is 0.107. The Hall–Kier alpha value is -3.58. The summed E-state index contributed by atoms with van der Waals surface area (Å²) < 4.78 is 0. The molecule has 0 radical (unpaired) electrons. The molecule has 2 N–H and O–H groups in total. The zero-order chi connectivity index (χ0) is 28.3. The molecule has 0 aliphatic rings. The molecular formula is C37H47N. The largest absolute Gasteiger partial charge is 0.404 e. The van der Waals surface area contributed by atoms with Crippen LogP contribution in [0.3, 0.4) is 0 Å². The normalized spacial score (nSPS) is 16.0. The molecule has 2 aromatic rings. The maximum absolute atomic E-state index is 6.16. The Bertz CT molecular complexity index is 1320. The number of allylic oxidation sites excluding steroid dienone is 13. The molecule has 2 atom stereocenters. The van der Waals surface area contributed by atoms with Crippen molar-refractivity contribution in [2.24, 2.45) is 11.7 Å². The average Bonchev–Trinajstić information content (AvgIpc) is 2.93. The van der Waals surface area contributed by atoms with Gasteiger partial charge in [-0.3, -0.25) is 0 Å². The van der Waals surface area contributed by atoms with E-state index in [9.17, 15) is 0 Å². The molecule has 200 valence electrons. The fourth-order valence-corrected chi connectivity index (χ4v) is 5.53. The maximum atomic E-state index is 6.16. The van der Waals surface area contributed by atoms with Crippen LogP contribution >= 0.6 is 0 Å². The first kappa shape index (κ1) is 30.6. The maximum Gasteiger partial charge on any atom is 0.0510 e.